The smallest absolute Gasteiger partial charge is 0.410 e. The normalized spacial score (nSPS) is 22.3. The first-order valence-corrected chi connectivity index (χ1v) is 19.7. The summed E-state index contributed by atoms with van der Waals surface area (Å²) in [6.07, 6.45) is 7.78. The maximum Gasteiger partial charge on any atom is 0.410 e. The monoisotopic (exact) mass is 730 g/mol. The molecule has 0 bridgehead atoms. The lowest BCUT2D eigenvalue weighted by Gasteiger charge is -2.40. The first kappa shape index (κ1) is 37.0. The lowest BCUT2D eigenvalue weighted by Crippen LogP contribution is -2.49. The lowest BCUT2D eigenvalue weighted by molar-refractivity contribution is -0.142. The van der Waals surface area contributed by atoms with Gasteiger partial charge in [-0.1, -0.05) is 24.3 Å². The Kier molecular flexibility index (Phi) is 12.0. The zero-order chi connectivity index (χ0) is 36.7. The van der Waals surface area contributed by atoms with Crippen LogP contribution in [0.4, 0.5) is 10.5 Å². The number of nitrogens with one attached hydrogen (secondary N) is 1. The molecule has 2 N–H and O–H groups in total. The molecule has 1 unspecified atom stereocenters. The van der Waals surface area contributed by atoms with Crippen LogP contribution in [0.5, 0.6) is 11.5 Å². The van der Waals surface area contributed by atoms with Crippen molar-refractivity contribution in [2.24, 2.45) is 23.7 Å². The van der Waals surface area contributed by atoms with E-state index in [4.69, 9.17) is 19.3 Å². The summed E-state index contributed by atoms with van der Waals surface area (Å²) in [4.78, 5) is 57.5. The van der Waals surface area contributed by atoms with Gasteiger partial charge in [-0.3, -0.25) is 19.3 Å². The number of rotatable bonds is 10. The molecule has 5 aliphatic rings. The zero-order valence-corrected chi connectivity index (χ0v) is 30.7. The van der Waals surface area contributed by atoms with E-state index in [1.54, 1.807) is 4.90 Å². The maximum atomic E-state index is 14.1. The Morgan fingerprint density at radius 2 is 1.49 bits per heavy atom. The Bertz CT molecular complexity index is 1610. The molecule has 0 aromatic heterocycles. The second-order valence-corrected chi connectivity index (χ2v) is 15.6. The Balaban J connectivity index is 0.923. The first-order valence-electron chi connectivity index (χ1n) is 19.7. The van der Waals surface area contributed by atoms with Crippen molar-refractivity contribution in [3.8, 4) is 11.5 Å². The molecule has 53 heavy (non-hydrogen) atoms. The summed E-state index contributed by atoms with van der Waals surface area (Å²) in [7, 11) is 0. The lowest BCUT2D eigenvalue weighted by atomic mass is 9.78. The SMILES string of the molecule is O=C(O)CN1CCC(C2CCN(C(=O)[C@@H](Cc3ccc4c(c3)OCCO4)OC(=O)N3CCC(CCC4CCc5ccccc5NC4=O)CC3)CC2)CC1. The van der Waals surface area contributed by atoms with Gasteiger partial charge in [-0.25, -0.2) is 4.79 Å². The number of ether oxygens (including phenoxy) is 3. The van der Waals surface area contributed by atoms with Crippen molar-refractivity contribution in [2.75, 3.05) is 64.3 Å². The number of piperidine rings is 3. The number of para-hydroxylation sites is 1. The number of hydrogen-bond acceptors (Lipinski definition) is 8. The molecule has 286 valence electrons. The fraction of sp³-hybridized carbons (Fsp3) is 0.610. The molecular formula is C41H54N4O8. The van der Waals surface area contributed by atoms with Gasteiger partial charge in [-0.2, -0.15) is 0 Å². The highest BCUT2D eigenvalue weighted by molar-refractivity contribution is 5.94. The quantitative estimate of drug-likeness (QED) is 0.337. The van der Waals surface area contributed by atoms with E-state index in [9.17, 15) is 19.2 Å². The molecule has 12 nitrogen and oxygen atoms in total. The number of aliphatic carboxylic acids is 1. The van der Waals surface area contributed by atoms with Gasteiger partial charge in [0.2, 0.25) is 5.91 Å². The minimum atomic E-state index is -0.962. The summed E-state index contributed by atoms with van der Waals surface area (Å²) in [5.41, 5.74) is 2.96. The highest BCUT2D eigenvalue weighted by Crippen LogP contribution is 2.35. The second kappa shape index (κ2) is 17.2. The third kappa shape index (κ3) is 9.44. The molecule has 0 aliphatic carbocycles. The standard InChI is InChI=1S/C41H54N4O8/c46-38(47)27-43-17-13-30(14-18-43)31-15-21-44(22-16-31)40(49)37(26-29-6-10-35-36(25-29)52-24-23-51-35)53-41(50)45-19-11-28(12-20-45)5-7-33-9-8-32-3-1-2-4-34(32)42-39(33)48/h1-4,6,10,25,28,30-31,33,37H,5,7-9,11-24,26-27H2,(H,42,48)(H,46,47)/t33?,37-/m1/s1. The number of carboxylic acid groups (broad SMARTS) is 1. The number of amides is 3. The average Bonchev–Trinajstić information content (AvgIpc) is 3.34. The van der Waals surface area contributed by atoms with Gasteiger partial charge in [0.05, 0.1) is 6.54 Å². The number of hydrogen-bond donors (Lipinski definition) is 2. The summed E-state index contributed by atoms with van der Waals surface area (Å²) >= 11 is 0. The van der Waals surface area contributed by atoms with Crippen LogP contribution >= 0.6 is 0 Å². The van der Waals surface area contributed by atoms with Crippen molar-refractivity contribution in [1.82, 2.24) is 14.7 Å². The van der Waals surface area contributed by atoms with E-state index in [-0.39, 0.29) is 30.7 Å². The summed E-state index contributed by atoms with van der Waals surface area (Å²) in [5, 5.41) is 12.3. The topological polar surface area (TPSA) is 138 Å². The van der Waals surface area contributed by atoms with Gasteiger partial charge in [-0.15, -0.1) is 0 Å². The van der Waals surface area contributed by atoms with Crippen molar-refractivity contribution in [3.05, 3.63) is 53.6 Å². The van der Waals surface area contributed by atoms with Gasteiger partial charge in [0.25, 0.3) is 5.91 Å². The summed E-state index contributed by atoms with van der Waals surface area (Å²) in [6.45, 7) is 5.00. The van der Waals surface area contributed by atoms with Crippen LogP contribution in [0.2, 0.25) is 0 Å². The van der Waals surface area contributed by atoms with Crippen LogP contribution in [0.25, 0.3) is 0 Å². The van der Waals surface area contributed by atoms with Crippen molar-refractivity contribution in [1.29, 1.82) is 0 Å². The Labute approximate surface area is 312 Å². The largest absolute Gasteiger partial charge is 0.486 e. The predicted octanol–water partition coefficient (Wildman–Crippen LogP) is 5.23. The number of carbonyl (C=O) groups excluding carboxylic acids is 3. The Morgan fingerprint density at radius 3 is 2.23 bits per heavy atom. The average molecular weight is 731 g/mol. The molecule has 0 spiro atoms. The summed E-state index contributed by atoms with van der Waals surface area (Å²) in [6, 6.07) is 13.7. The zero-order valence-electron chi connectivity index (χ0n) is 30.7. The molecule has 2 atom stereocenters. The van der Waals surface area contributed by atoms with Crippen molar-refractivity contribution < 1.29 is 38.5 Å². The van der Waals surface area contributed by atoms with Gasteiger partial charge >= 0.3 is 12.1 Å². The summed E-state index contributed by atoms with van der Waals surface area (Å²) < 4.78 is 17.6. The fourth-order valence-corrected chi connectivity index (χ4v) is 9.05. The van der Waals surface area contributed by atoms with Crippen LogP contribution in [0, 0.1) is 23.7 Å². The molecule has 2 aromatic carbocycles. The maximum absolute atomic E-state index is 14.1. The van der Waals surface area contributed by atoms with Gasteiger partial charge in [-0.05, 0) is 124 Å². The number of fused-ring (bicyclic) bond motifs is 2. The first-order chi connectivity index (χ1) is 25.8. The number of carbonyl (C=O) groups is 4. The number of anilines is 1. The Hall–Kier alpha value is -4.32. The highest BCUT2D eigenvalue weighted by Gasteiger charge is 2.36. The number of carboxylic acids is 1. The van der Waals surface area contributed by atoms with Gasteiger partial charge < -0.3 is 34.4 Å². The van der Waals surface area contributed by atoms with Crippen LogP contribution in [0.15, 0.2) is 42.5 Å². The third-order valence-electron chi connectivity index (χ3n) is 12.3. The van der Waals surface area contributed by atoms with Crippen LogP contribution in [0.1, 0.15) is 68.9 Å². The number of nitrogens with zero attached hydrogens (tertiary/aromatic N) is 3. The third-order valence-corrected chi connectivity index (χ3v) is 12.3. The van der Waals surface area contributed by atoms with E-state index >= 15 is 0 Å². The van der Waals surface area contributed by atoms with Crippen LogP contribution < -0.4 is 14.8 Å². The van der Waals surface area contributed by atoms with Crippen LogP contribution in [-0.4, -0.2) is 109 Å². The number of likely N-dealkylation sites (tertiary alicyclic amines) is 3. The van der Waals surface area contributed by atoms with E-state index in [0.717, 1.165) is 88.5 Å². The minimum absolute atomic E-state index is 0.0142. The highest BCUT2D eigenvalue weighted by atomic mass is 16.6. The molecule has 0 radical (unpaired) electrons. The Morgan fingerprint density at radius 1 is 0.811 bits per heavy atom. The van der Waals surface area contributed by atoms with Crippen molar-refractivity contribution in [3.63, 3.8) is 0 Å². The van der Waals surface area contributed by atoms with Crippen LogP contribution in [-0.2, 0) is 32.0 Å². The number of aryl methyl sites for hydroxylation is 1. The van der Waals surface area contributed by atoms with Crippen molar-refractivity contribution >= 4 is 29.6 Å². The van der Waals surface area contributed by atoms with E-state index in [2.05, 4.69) is 11.4 Å². The molecule has 5 heterocycles. The molecular weight excluding hydrogens is 676 g/mol. The molecule has 7 rings (SSSR count). The second-order valence-electron chi connectivity index (χ2n) is 15.6. The minimum Gasteiger partial charge on any atom is -0.486 e. The molecule has 3 saturated heterocycles. The molecule has 3 amide bonds. The van der Waals surface area contributed by atoms with Crippen LogP contribution in [0.3, 0.4) is 0 Å². The molecule has 3 fully saturated rings. The van der Waals surface area contributed by atoms with Gasteiger partial charge in [0.15, 0.2) is 17.6 Å². The van der Waals surface area contributed by atoms with Gasteiger partial charge in [0.1, 0.15) is 13.2 Å². The predicted molar refractivity (Wildman–Crippen MR) is 198 cm³/mol. The molecule has 5 aliphatic heterocycles. The molecule has 0 saturated carbocycles. The van der Waals surface area contributed by atoms with Gasteiger partial charge in [0, 0.05) is 44.2 Å². The van der Waals surface area contributed by atoms with Crippen molar-refractivity contribution in [2.45, 2.75) is 76.7 Å². The fourth-order valence-electron chi connectivity index (χ4n) is 9.05. The molecule has 2 aromatic rings. The molecule has 12 heteroatoms. The van der Waals surface area contributed by atoms with E-state index in [1.165, 1.54) is 5.56 Å². The van der Waals surface area contributed by atoms with E-state index < -0.39 is 18.2 Å². The number of benzene rings is 2. The van der Waals surface area contributed by atoms with E-state index in [0.29, 0.717) is 68.6 Å². The summed E-state index contributed by atoms with van der Waals surface area (Å²) in [5.74, 6) is 1.91. The van der Waals surface area contributed by atoms with E-state index in [1.807, 2.05) is 46.2 Å².